The van der Waals surface area contributed by atoms with Gasteiger partial charge in [0.1, 0.15) is 23.0 Å². The van der Waals surface area contributed by atoms with Crippen molar-refractivity contribution in [3.63, 3.8) is 0 Å². The van der Waals surface area contributed by atoms with E-state index < -0.39 is 7.82 Å². The number of fused-ring (bicyclic) bond motifs is 1. The van der Waals surface area contributed by atoms with Gasteiger partial charge in [0.25, 0.3) is 0 Å². The Morgan fingerprint density at radius 1 is 0.600 bits per heavy atom. The summed E-state index contributed by atoms with van der Waals surface area (Å²) in [5, 5.41) is 11.3. The molecule has 0 aliphatic heterocycles. The van der Waals surface area contributed by atoms with E-state index in [4.69, 9.17) is 13.6 Å². The molecule has 0 saturated heterocycles. The van der Waals surface area contributed by atoms with Crippen LogP contribution in [0.15, 0.2) is 84.9 Å². The average molecular weight is 420 g/mol. The van der Waals surface area contributed by atoms with Crippen molar-refractivity contribution in [3.8, 4) is 23.0 Å². The van der Waals surface area contributed by atoms with Gasteiger partial charge in [0.15, 0.2) is 0 Å². The number of rotatable bonds is 6. The number of aromatic hydroxyl groups is 1. The molecule has 0 radical (unpaired) electrons. The van der Waals surface area contributed by atoms with Crippen LogP contribution in [0.25, 0.3) is 10.8 Å². The molecule has 0 atom stereocenters. The van der Waals surface area contributed by atoms with Crippen LogP contribution in [0.4, 0.5) is 0 Å². The highest BCUT2D eigenvalue weighted by Gasteiger charge is 2.34. The van der Waals surface area contributed by atoms with Gasteiger partial charge in [-0.2, -0.15) is 4.57 Å². The first-order valence-corrected chi connectivity index (χ1v) is 10.9. The first-order valence-electron chi connectivity index (χ1n) is 9.46. The van der Waals surface area contributed by atoms with Gasteiger partial charge in [0.05, 0.1) is 0 Å². The fraction of sp³-hybridized carbons (Fsp3) is 0.0833. The van der Waals surface area contributed by atoms with Gasteiger partial charge in [-0.1, -0.05) is 60.7 Å². The van der Waals surface area contributed by atoms with Gasteiger partial charge < -0.3 is 18.7 Å². The third kappa shape index (κ3) is 4.12. The minimum Gasteiger partial charge on any atom is -0.507 e. The van der Waals surface area contributed by atoms with Crippen LogP contribution in [0.3, 0.4) is 0 Å². The standard InChI is InChI=1S/C24H21O5P/c1-17-9-3-7-13-22(17)27-30(26,28-23-14-8-4-10-18(23)2)29-24-16-15-21(25)19-11-5-6-12-20(19)24/h3-16,25H,1-2H3. The van der Waals surface area contributed by atoms with Crippen LogP contribution < -0.4 is 13.6 Å². The number of hydrogen-bond donors (Lipinski definition) is 1. The maximum absolute atomic E-state index is 13.8. The fourth-order valence-electron chi connectivity index (χ4n) is 3.07. The number of benzene rings is 4. The molecule has 0 unspecified atom stereocenters. The van der Waals surface area contributed by atoms with Crippen molar-refractivity contribution in [2.75, 3.05) is 0 Å². The summed E-state index contributed by atoms with van der Waals surface area (Å²) in [6, 6.07) is 24.6. The molecule has 6 heteroatoms. The number of aryl methyl sites for hydroxylation is 2. The predicted molar refractivity (Wildman–Crippen MR) is 117 cm³/mol. The van der Waals surface area contributed by atoms with Gasteiger partial charge >= 0.3 is 7.82 Å². The molecule has 5 nitrogen and oxygen atoms in total. The van der Waals surface area contributed by atoms with Gasteiger partial charge in [0, 0.05) is 10.8 Å². The molecule has 1 N–H and O–H groups in total. The molecule has 0 heterocycles. The highest BCUT2D eigenvalue weighted by atomic mass is 31.2. The minimum atomic E-state index is -4.14. The smallest absolute Gasteiger partial charge is 0.507 e. The second kappa shape index (κ2) is 8.13. The van der Waals surface area contributed by atoms with Crippen molar-refractivity contribution in [1.29, 1.82) is 0 Å². The molecule has 4 rings (SSSR count). The molecule has 4 aromatic rings. The lowest BCUT2D eigenvalue weighted by atomic mass is 10.1. The summed E-state index contributed by atoms with van der Waals surface area (Å²) in [5.41, 5.74) is 1.59. The third-order valence-electron chi connectivity index (χ3n) is 4.68. The number of para-hydroxylation sites is 2. The summed E-state index contributed by atoms with van der Waals surface area (Å²) in [6.45, 7) is 3.70. The summed E-state index contributed by atoms with van der Waals surface area (Å²) >= 11 is 0. The maximum atomic E-state index is 13.8. The van der Waals surface area contributed by atoms with Crippen molar-refractivity contribution < 1.29 is 23.2 Å². The number of hydrogen-bond acceptors (Lipinski definition) is 5. The number of phosphoric ester groups is 1. The summed E-state index contributed by atoms with van der Waals surface area (Å²) < 4.78 is 31.4. The molecular formula is C24H21O5P. The quantitative estimate of drug-likeness (QED) is 0.347. The van der Waals surface area contributed by atoms with Crippen LogP contribution in [0.2, 0.25) is 0 Å². The Hall–Kier alpha value is -3.43. The zero-order valence-electron chi connectivity index (χ0n) is 16.6. The van der Waals surface area contributed by atoms with Crippen molar-refractivity contribution in [2.24, 2.45) is 0 Å². The summed E-state index contributed by atoms with van der Waals surface area (Å²) in [6.07, 6.45) is 0. The molecule has 0 aliphatic carbocycles. The maximum Gasteiger partial charge on any atom is 0.647 e. The van der Waals surface area contributed by atoms with E-state index in [0.29, 0.717) is 22.3 Å². The van der Waals surface area contributed by atoms with Crippen LogP contribution in [-0.2, 0) is 4.57 Å². The minimum absolute atomic E-state index is 0.104. The van der Waals surface area contributed by atoms with Crippen LogP contribution in [0.1, 0.15) is 11.1 Å². The van der Waals surface area contributed by atoms with E-state index in [1.165, 1.54) is 6.07 Å². The zero-order chi connectivity index (χ0) is 21.1. The highest BCUT2D eigenvalue weighted by molar-refractivity contribution is 7.49. The normalized spacial score (nSPS) is 11.3. The highest BCUT2D eigenvalue weighted by Crippen LogP contribution is 2.52. The number of phenolic OH excluding ortho intramolecular Hbond substituents is 1. The van der Waals surface area contributed by atoms with E-state index in [0.717, 1.165) is 11.1 Å². The molecule has 0 amide bonds. The SMILES string of the molecule is Cc1ccccc1OP(=O)(Oc1ccccc1C)Oc1ccc(O)c2ccccc12. The van der Waals surface area contributed by atoms with Gasteiger partial charge in [-0.15, -0.1) is 0 Å². The molecule has 4 aromatic carbocycles. The molecule has 0 saturated carbocycles. The van der Waals surface area contributed by atoms with Gasteiger partial charge in [0.2, 0.25) is 0 Å². The Bertz CT molecular complexity index is 1200. The van der Waals surface area contributed by atoms with Gasteiger partial charge in [-0.3, -0.25) is 0 Å². The Kier molecular flexibility index (Phi) is 5.39. The van der Waals surface area contributed by atoms with Gasteiger partial charge in [-0.05, 0) is 49.2 Å². The molecule has 0 bridgehead atoms. The van der Waals surface area contributed by atoms with E-state index in [2.05, 4.69) is 0 Å². The van der Waals surface area contributed by atoms with Crippen LogP contribution in [-0.4, -0.2) is 5.11 Å². The predicted octanol–water partition coefficient (Wildman–Crippen LogP) is 6.81. The van der Waals surface area contributed by atoms with E-state index in [9.17, 15) is 9.67 Å². The Labute approximate surface area is 175 Å². The Balaban J connectivity index is 1.78. The van der Waals surface area contributed by atoms with E-state index in [-0.39, 0.29) is 11.5 Å². The van der Waals surface area contributed by atoms with Crippen molar-refractivity contribution in [1.82, 2.24) is 0 Å². The van der Waals surface area contributed by atoms with Crippen molar-refractivity contribution in [3.05, 3.63) is 96.1 Å². The van der Waals surface area contributed by atoms with Gasteiger partial charge in [-0.25, -0.2) is 0 Å². The Morgan fingerprint density at radius 2 is 1.07 bits per heavy atom. The van der Waals surface area contributed by atoms with Crippen molar-refractivity contribution >= 4 is 18.6 Å². The van der Waals surface area contributed by atoms with Crippen LogP contribution in [0.5, 0.6) is 23.0 Å². The lowest BCUT2D eigenvalue weighted by Gasteiger charge is -2.22. The number of phenols is 1. The third-order valence-corrected chi connectivity index (χ3v) is 5.94. The Morgan fingerprint density at radius 3 is 1.63 bits per heavy atom. The number of phosphoric acid groups is 1. The second-order valence-corrected chi connectivity index (χ2v) is 8.32. The molecule has 0 fully saturated rings. The molecule has 30 heavy (non-hydrogen) atoms. The molecule has 152 valence electrons. The average Bonchev–Trinajstić information content (AvgIpc) is 2.74. The summed E-state index contributed by atoms with van der Waals surface area (Å²) in [7, 11) is -4.14. The van der Waals surface area contributed by atoms with E-state index in [1.54, 1.807) is 48.5 Å². The van der Waals surface area contributed by atoms with E-state index in [1.807, 2.05) is 44.2 Å². The fourth-order valence-corrected chi connectivity index (χ4v) is 4.47. The molecule has 0 aromatic heterocycles. The van der Waals surface area contributed by atoms with E-state index >= 15 is 0 Å². The van der Waals surface area contributed by atoms with Crippen LogP contribution in [0, 0.1) is 13.8 Å². The summed E-state index contributed by atoms with van der Waals surface area (Å²) in [5.74, 6) is 1.19. The largest absolute Gasteiger partial charge is 0.647 e. The lowest BCUT2D eigenvalue weighted by molar-refractivity contribution is 0.298. The summed E-state index contributed by atoms with van der Waals surface area (Å²) in [4.78, 5) is 0. The monoisotopic (exact) mass is 420 g/mol. The van der Waals surface area contributed by atoms with Crippen LogP contribution >= 0.6 is 7.82 Å². The molecule has 0 aliphatic rings. The zero-order valence-corrected chi connectivity index (χ0v) is 17.5. The second-order valence-electron chi connectivity index (χ2n) is 6.88. The first kappa shape index (κ1) is 19.9. The lowest BCUT2D eigenvalue weighted by Crippen LogP contribution is -2.09. The van der Waals surface area contributed by atoms with Crippen molar-refractivity contribution in [2.45, 2.75) is 13.8 Å². The molecular weight excluding hydrogens is 399 g/mol. The first-order chi connectivity index (χ1) is 14.5. The molecule has 0 spiro atoms. The topological polar surface area (TPSA) is 65.0 Å².